The number of rotatable bonds is 7. The molecule has 3 N–H and O–H groups in total. The normalized spacial score (nSPS) is 11.5. The van der Waals surface area contributed by atoms with Crippen LogP contribution in [-0.2, 0) is 4.79 Å². The minimum atomic E-state index is -0.254. The summed E-state index contributed by atoms with van der Waals surface area (Å²) in [6.45, 7) is 3.98. The van der Waals surface area contributed by atoms with Crippen LogP contribution < -0.4 is 16.0 Å². The van der Waals surface area contributed by atoms with Gasteiger partial charge < -0.3 is 16.0 Å². The second-order valence-electron chi connectivity index (χ2n) is 5.89. The van der Waals surface area contributed by atoms with E-state index in [0.717, 1.165) is 6.42 Å². The SMILES string of the molecule is CCC(C)NC(=O)c1cccc(NC(=O)CNc2ccc(Cl)cc2Cl)c1. The number of hydrogen-bond donors (Lipinski definition) is 3. The third-order valence-electron chi connectivity index (χ3n) is 3.77. The number of carbonyl (C=O) groups is 2. The van der Waals surface area contributed by atoms with E-state index < -0.39 is 0 Å². The molecule has 0 radical (unpaired) electrons. The van der Waals surface area contributed by atoms with Crippen LogP contribution in [-0.4, -0.2) is 24.4 Å². The summed E-state index contributed by atoms with van der Waals surface area (Å²) in [6, 6.07) is 11.9. The highest BCUT2D eigenvalue weighted by Gasteiger charge is 2.10. The molecule has 0 saturated carbocycles. The van der Waals surface area contributed by atoms with Crippen molar-refractivity contribution >= 4 is 46.4 Å². The van der Waals surface area contributed by atoms with Gasteiger partial charge in [-0.05, 0) is 49.7 Å². The van der Waals surface area contributed by atoms with Crippen molar-refractivity contribution in [3.8, 4) is 0 Å². The molecule has 2 aromatic rings. The van der Waals surface area contributed by atoms with E-state index in [1.165, 1.54) is 0 Å². The highest BCUT2D eigenvalue weighted by atomic mass is 35.5. The van der Waals surface area contributed by atoms with Gasteiger partial charge in [-0.25, -0.2) is 0 Å². The van der Waals surface area contributed by atoms with E-state index in [1.807, 2.05) is 13.8 Å². The Labute approximate surface area is 163 Å². The Hall–Kier alpha value is -2.24. The number of amides is 2. The van der Waals surface area contributed by atoms with Crippen molar-refractivity contribution in [1.29, 1.82) is 0 Å². The van der Waals surface area contributed by atoms with E-state index in [4.69, 9.17) is 23.2 Å². The minimum Gasteiger partial charge on any atom is -0.375 e. The standard InChI is InChI=1S/C19H21Cl2N3O2/c1-3-12(2)23-19(26)13-5-4-6-15(9-13)24-18(25)11-22-17-8-7-14(20)10-16(17)21/h4-10,12,22H,3,11H2,1-2H3,(H,23,26)(H,24,25). The van der Waals surface area contributed by atoms with Crippen LogP contribution in [0, 0.1) is 0 Å². The molecule has 0 aliphatic carbocycles. The van der Waals surface area contributed by atoms with Crippen LogP contribution in [0.3, 0.4) is 0 Å². The monoisotopic (exact) mass is 393 g/mol. The Kier molecular flexibility index (Phi) is 7.30. The lowest BCUT2D eigenvalue weighted by Crippen LogP contribution is -2.32. The van der Waals surface area contributed by atoms with Gasteiger partial charge in [0.05, 0.1) is 17.3 Å². The molecule has 0 heterocycles. The van der Waals surface area contributed by atoms with Crippen LogP contribution in [0.5, 0.6) is 0 Å². The van der Waals surface area contributed by atoms with Crippen molar-refractivity contribution in [1.82, 2.24) is 5.32 Å². The maximum Gasteiger partial charge on any atom is 0.251 e. The molecule has 0 aliphatic rings. The molecule has 0 aromatic heterocycles. The Morgan fingerprint density at radius 2 is 1.88 bits per heavy atom. The molecular weight excluding hydrogens is 373 g/mol. The smallest absolute Gasteiger partial charge is 0.251 e. The third-order valence-corrected chi connectivity index (χ3v) is 4.32. The maximum absolute atomic E-state index is 12.2. The van der Waals surface area contributed by atoms with Gasteiger partial charge in [0, 0.05) is 22.3 Å². The molecule has 7 heteroatoms. The van der Waals surface area contributed by atoms with Crippen LogP contribution in [0.2, 0.25) is 10.0 Å². The van der Waals surface area contributed by atoms with Crippen molar-refractivity contribution in [3.63, 3.8) is 0 Å². The van der Waals surface area contributed by atoms with Crippen LogP contribution in [0.1, 0.15) is 30.6 Å². The molecule has 1 unspecified atom stereocenters. The number of anilines is 2. The van der Waals surface area contributed by atoms with Gasteiger partial charge in [0.15, 0.2) is 0 Å². The summed E-state index contributed by atoms with van der Waals surface area (Å²) in [4.78, 5) is 24.3. The molecule has 0 fully saturated rings. The van der Waals surface area contributed by atoms with Crippen molar-refractivity contribution < 1.29 is 9.59 Å². The molecule has 5 nitrogen and oxygen atoms in total. The zero-order chi connectivity index (χ0) is 19.1. The lowest BCUT2D eigenvalue weighted by atomic mass is 10.1. The summed E-state index contributed by atoms with van der Waals surface area (Å²) >= 11 is 11.9. The molecule has 0 spiro atoms. The van der Waals surface area contributed by atoms with Crippen molar-refractivity contribution in [2.75, 3.05) is 17.2 Å². The molecule has 138 valence electrons. The number of halogens is 2. The van der Waals surface area contributed by atoms with E-state index in [9.17, 15) is 9.59 Å². The Morgan fingerprint density at radius 3 is 2.58 bits per heavy atom. The topological polar surface area (TPSA) is 70.2 Å². The largest absolute Gasteiger partial charge is 0.375 e. The fourth-order valence-electron chi connectivity index (χ4n) is 2.16. The predicted molar refractivity (Wildman–Crippen MR) is 107 cm³/mol. The number of carbonyl (C=O) groups excluding carboxylic acids is 2. The van der Waals surface area contributed by atoms with Crippen LogP contribution >= 0.6 is 23.2 Å². The van der Waals surface area contributed by atoms with Gasteiger partial charge in [0.25, 0.3) is 5.91 Å². The summed E-state index contributed by atoms with van der Waals surface area (Å²) in [5, 5.41) is 9.56. The highest BCUT2D eigenvalue weighted by Crippen LogP contribution is 2.25. The van der Waals surface area contributed by atoms with Gasteiger partial charge in [-0.1, -0.05) is 36.2 Å². The number of hydrogen-bond acceptors (Lipinski definition) is 3. The summed E-state index contributed by atoms with van der Waals surface area (Å²) in [6.07, 6.45) is 0.848. The quantitative estimate of drug-likeness (QED) is 0.644. The molecule has 26 heavy (non-hydrogen) atoms. The molecule has 0 aliphatic heterocycles. The van der Waals surface area contributed by atoms with Gasteiger partial charge in [-0.3, -0.25) is 9.59 Å². The van der Waals surface area contributed by atoms with E-state index in [0.29, 0.717) is 27.0 Å². The lowest BCUT2D eigenvalue weighted by molar-refractivity contribution is -0.114. The van der Waals surface area contributed by atoms with Gasteiger partial charge in [-0.15, -0.1) is 0 Å². The van der Waals surface area contributed by atoms with Crippen LogP contribution in [0.4, 0.5) is 11.4 Å². The van der Waals surface area contributed by atoms with E-state index in [1.54, 1.807) is 42.5 Å². The van der Waals surface area contributed by atoms with E-state index >= 15 is 0 Å². The Bertz CT molecular complexity index is 796. The first-order valence-corrected chi connectivity index (χ1v) is 9.04. The first kappa shape index (κ1) is 20.1. The molecule has 2 rings (SSSR count). The Morgan fingerprint density at radius 1 is 1.12 bits per heavy atom. The summed E-state index contributed by atoms with van der Waals surface area (Å²) in [5.41, 5.74) is 1.67. The number of nitrogens with one attached hydrogen (secondary N) is 3. The Balaban J connectivity index is 1.94. The van der Waals surface area contributed by atoms with E-state index in [-0.39, 0.29) is 24.4 Å². The summed E-state index contributed by atoms with van der Waals surface area (Å²) in [7, 11) is 0. The zero-order valence-corrected chi connectivity index (χ0v) is 16.1. The van der Waals surface area contributed by atoms with Crippen LogP contribution in [0.25, 0.3) is 0 Å². The molecule has 0 saturated heterocycles. The van der Waals surface area contributed by atoms with Gasteiger partial charge in [0.1, 0.15) is 0 Å². The maximum atomic E-state index is 12.2. The zero-order valence-electron chi connectivity index (χ0n) is 14.6. The predicted octanol–water partition coefficient (Wildman–Crippen LogP) is 4.57. The molecule has 1 atom stereocenters. The van der Waals surface area contributed by atoms with Crippen molar-refractivity contribution in [3.05, 3.63) is 58.1 Å². The first-order chi connectivity index (χ1) is 12.4. The average Bonchev–Trinajstić information content (AvgIpc) is 2.61. The molecule has 2 amide bonds. The fourth-order valence-corrected chi connectivity index (χ4v) is 2.64. The van der Waals surface area contributed by atoms with Gasteiger partial charge in [0.2, 0.25) is 5.91 Å². The van der Waals surface area contributed by atoms with Gasteiger partial charge >= 0.3 is 0 Å². The summed E-state index contributed by atoms with van der Waals surface area (Å²) in [5.74, 6) is -0.419. The van der Waals surface area contributed by atoms with Crippen molar-refractivity contribution in [2.45, 2.75) is 26.3 Å². The molecular formula is C19H21Cl2N3O2. The van der Waals surface area contributed by atoms with Crippen LogP contribution in [0.15, 0.2) is 42.5 Å². The van der Waals surface area contributed by atoms with Crippen molar-refractivity contribution in [2.24, 2.45) is 0 Å². The third kappa shape index (κ3) is 5.93. The fraction of sp³-hybridized carbons (Fsp3) is 0.263. The first-order valence-electron chi connectivity index (χ1n) is 8.28. The number of benzene rings is 2. The highest BCUT2D eigenvalue weighted by molar-refractivity contribution is 6.36. The molecule has 2 aromatic carbocycles. The second kappa shape index (κ2) is 9.46. The van der Waals surface area contributed by atoms with Gasteiger partial charge in [-0.2, -0.15) is 0 Å². The van der Waals surface area contributed by atoms with E-state index in [2.05, 4.69) is 16.0 Å². The second-order valence-corrected chi connectivity index (χ2v) is 6.73. The lowest BCUT2D eigenvalue weighted by Gasteiger charge is -2.13. The minimum absolute atomic E-state index is 0.0324. The summed E-state index contributed by atoms with van der Waals surface area (Å²) < 4.78 is 0. The molecule has 0 bridgehead atoms. The average molecular weight is 394 g/mol.